The highest BCUT2D eigenvalue weighted by molar-refractivity contribution is 5.12. The monoisotopic (exact) mass is 343 g/mol. The van der Waals surface area contributed by atoms with Crippen molar-refractivity contribution in [3.05, 3.63) is 36.2 Å². The molecule has 2 aromatic rings. The molecule has 2 saturated heterocycles. The van der Waals surface area contributed by atoms with Gasteiger partial charge in [0.25, 0.3) is 0 Å². The zero-order valence-electron chi connectivity index (χ0n) is 15.3. The van der Waals surface area contributed by atoms with Crippen LogP contribution in [0.2, 0.25) is 0 Å². The topological polar surface area (TPSA) is 48.1 Å². The lowest BCUT2D eigenvalue weighted by molar-refractivity contribution is -0.0468. The van der Waals surface area contributed by atoms with E-state index in [4.69, 9.17) is 4.74 Å². The van der Waals surface area contributed by atoms with E-state index in [9.17, 15) is 0 Å². The summed E-state index contributed by atoms with van der Waals surface area (Å²) in [5.74, 6) is 2.29. The van der Waals surface area contributed by atoms with Gasteiger partial charge >= 0.3 is 0 Å². The van der Waals surface area contributed by atoms with Crippen LogP contribution in [0.4, 0.5) is 0 Å². The zero-order chi connectivity index (χ0) is 17.2. The molecule has 25 heavy (non-hydrogen) atoms. The van der Waals surface area contributed by atoms with Gasteiger partial charge in [-0.2, -0.15) is 5.10 Å². The van der Waals surface area contributed by atoms with E-state index in [-0.39, 0.29) is 6.10 Å². The average Bonchev–Trinajstić information content (AvgIpc) is 3.25. The molecule has 0 amide bonds. The summed E-state index contributed by atoms with van der Waals surface area (Å²) in [6.45, 7) is 4.32. The lowest BCUT2D eigenvalue weighted by atomic mass is 9.89. The van der Waals surface area contributed by atoms with Gasteiger partial charge in [-0.3, -0.25) is 4.68 Å². The van der Waals surface area contributed by atoms with Crippen LogP contribution in [0.25, 0.3) is 0 Å². The molecule has 6 nitrogen and oxygen atoms in total. The van der Waals surface area contributed by atoms with Crippen LogP contribution in [0.1, 0.15) is 49.1 Å². The van der Waals surface area contributed by atoms with Gasteiger partial charge in [-0.25, -0.2) is 4.98 Å². The van der Waals surface area contributed by atoms with E-state index < -0.39 is 0 Å². The minimum Gasteiger partial charge on any atom is -0.370 e. The van der Waals surface area contributed by atoms with Crippen molar-refractivity contribution in [1.82, 2.24) is 24.2 Å². The quantitative estimate of drug-likeness (QED) is 0.856. The zero-order valence-corrected chi connectivity index (χ0v) is 15.3. The predicted molar refractivity (Wildman–Crippen MR) is 96.2 cm³/mol. The summed E-state index contributed by atoms with van der Waals surface area (Å²) >= 11 is 0. The van der Waals surface area contributed by atoms with E-state index in [1.807, 2.05) is 30.3 Å². The third-order valence-electron chi connectivity index (χ3n) is 5.83. The Morgan fingerprint density at radius 3 is 2.72 bits per heavy atom. The summed E-state index contributed by atoms with van der Waals surface area (Å²) in [4.78, 5) is 7.17. The molecule has 6 heteroatoms. The molecule has 2 atom stereocenters. The summed E-state index contributed by atoms with van der Waals surface area (Å²) in [6, 6.07) is 0. The van der Waals surface area contributed by atoms with Crippen LogP contribution in [-0.2, 0) is 18.8 Å². The molecule has 0 spiro atoms. The number of rotatable bonds is 4. The van der Waals surface area contributed by atoms with E-state index in [2.05, 4.69) is 32.8 Å². The number of ether oxygens (including phenoxy) is 1. The number of hydrogen-bond acceptors (Lipinski definition) is 4. The fourth-order valence-corrected chi connectivity index (χ4v) is 4.40. The highest BCUT2D eigenvalue weighted by Crippen LogP contribution is 2.35. The Balaban J connectivity index is 1.36. The summed E-state index contributed by atoms with van der Waals surface area (Å²) in [7, 11) is 4.07. The smallest absolute Gasteiger partial charge is 0.137 e. The van der Waals surface area contributed by atoms with Crippen LogP contribution in [0.15, 0.2) is 24.8 Å². The Bertz CT molecular complexity index is 686. The van der Waals surface area contributed by atoms with E-state index in [0.29, 0.717) is 11.8 Å². The Labute approximate surface area is 149 Å². The fourth-order valence-electron chi connectivity index (χ4n) is 4.40. The van der Waals surface area contributed by atoms with Crippen LogP contribution in [-0.4, -0.2) is 50.5 Å². The molecule has 0 saturated carbocycles. The van der Waals surface area contributed by atoms with Gasteiger partial charge in [0.05, 0.1) is 6.20 Å². The molecule has 136 valence electrons. The number of aromatic nitrogens is 4. The largest absolute Gasteiger partial charge is 0.370 e. The summed E-state index contributed by atoms with van der Waals surface area (Å²) in [5.41, 5.74) is 1.40. The number of likely N-dealkylation sites (tertiary alicyclic amines) is 1. The molecular weight excluding hydrogens is 314 g/mol. The molecule has 0 bridgehead atoms. The van der Waals surface area contributed by atoms with Crippen molar-refractivity contribution in [1.29, 1.82) is 0 Å². The van der Waals surface area contributed by atoms with Crippen LogP contribution in [0.3, 0.4) is 0 Å². The van der Waals surface area contributed by atoms with Gasteiger partial charge in [0.2, 0.25) is 0 Å². The third-order valence-corrected chi connectivity index (χ3v) is 5.83. The minimum absolute atomic E-state index is 0.143. The Morgan fingerprint density at radius 2 is 2.04 bits per heavy atom. The van der Waals surface area contributed by atoms with Crippen molar-refractivity contribution < 1.29 is 4.74 Å². The molecule has 0 aromatic carbocycles. The first-order valence-corrected chi connectivity index (χ1v) is 9.50. The maximum atomic E-state index is 6.13. The molecule has 2 aliphatic heterocycles. The molecule has 0 N–H and O–H groups in total. The molecule has 2 aliphatic rings. The first-order chi connectivity index (χ1) is 12.2. The molecule has 4 rings (SSSR count). The second-order valence-electron chi connectivity index (χ2n) is 7.61. The summed E-state index contributed by atoms with van der Waals surface area (Å²) < 4.78 is 10.2. The van der Waals surface area contributed by atoms with E-state index in [1.165, 1.54) is 37.9 Å². The van der Waals surface area contributed by atoms with E-state index >= 15 is 0 Å². The van der Waals surface area contributed by atoms with Gasteiger partial charge < -0.3 is 14.2 Å². The van der Waals surface area contributed by atoms with Crippen molar-refractivity contribution in [2.75, 3.05) is 26.2 Å². The lowest BCUT2D eigenvalue weighted by Gasteiger charge is -2.38. The van der Waals surface area contributed by atoms with Gasteiger partial charge in [-0.1, -0.05) is 0 Å². The van der Waals surface area contributed by atoms with Crippen LogP contribution >= 0.6 is 0 Å². The molecule has 4 heterocycles. The third kappa shape index (κ3) is 3.65. The van der Waals surface area contributed by atoms with Crippen molar-refractivity contribution >= 4 is 0 Å². The Kier molecular flexibility index (Phi) is 4.90. The maximum Gasteiger partial charge on any atom is 0.137 e. The second kappa shape index (κ2) is 7.30. The lowest BCUT2D eigenvalue weighted by Crippen LogP contribution is -2.40. The number of hydrogen-bond donors (Lipinski definition) is 0. The van der Waals surface area contributed by atoms with Gasteiger partial charge in [0.15, 0.2) is 0 Å². The first kappa shape index (κ1) is 16.8. The number of imidazole rings is 1. The van der Waals surface area contributed by atoms with Gasteiger partial charge in [-0.05, 0) is 50.3 Å². The van der Waals surface area contributed by atoms with Crippen molar-refractivity contribution in [3.63, 3.8) is 0 Å². The molecule has 0 radical (unpaired) electrons. The molecule has 2 fully saturated rings. The van der Waals surface area contributed by atoms with Crippen molar-refractivity contribution in [3.8, 4) is 0 Å². The number of piperidine rings is 1. The first-order valence-electron chi connectivity index (χ1n) is 9.50. The Hall–Kier alpha value is -1.66. The second-order valence-corrected chi connectivity index (χ2v) is 7.61. The van der Waals surface area contributed by atoms with Crippen LogP contribution in [0, 0.1) is 5.92 Å². The van der Waals surface area contributed by atoms with Gasteiger partial charge in [0.1, 0.15) is 11.9 Å². The SMILES string of the molecule is Cn1cc(C2CCN(C[C@@H]3CCCO[C@H]3c3nccn3C)CC2)cn1. The van der Waals surface area contributed by atoms with E-state index in [0.717, 1.165) is 25.4 Å². The average molecular weight is 343 g/mol. The van der Waals surface area contributed by atoms with Crippen molar-refractivity contribution in [2.45, 2.75) is 37.7 Å². The summed E-state index contributed by atoms with van der Waals surface area (Å²) in [5, 5.41) is 4.33. The van der Waals surface area contributed by atoms with Crippen molar-refractivity contribution in [2.24, 2.45) is 20.0 Å². The fraction of sp³-hybridized carbons (Fsp3) is 0.684. The standard InChI is InChI=1S/C19H29N5O/c1-22-10-7-20-19(22)18-16(4-3-11-25-18)14-24-8-5-15(6-9-24)17-12-21-23(2)13-17/h7,10,12-13,15-16,18H,3-6,8-9,11,14H2,1-2H3/t16-,18+/m0/s1. The predicted octanol–water partition coefficient (Wildman–Crippen LogP) is 2.50. The minimum atomic E-state index is 0.143. The molecule has 2 aromatic heterocycles. The highest BCUT2D eigenvalue weighted by atomic mass is 16.5. The highest BCUT2D eigenvalue weighted by Gasteiger charge is 2.32. The van der Waals surface area contributed by atoms with Crippen LogP contribution in [0.5, 0.6) is 0 Å². The van der Waals surface area contributed by atoms with Gasteiger partial charge in [0, 0.05) is 51.8 Å². The Morgan fingerprint density at radius 1 is 1.20 bits per heavy atom. The normalized spacial score (nSPS) is 26.2. The summed E-state index contributed by atoms with van der Waals surface area (Å²) in [6.07, 6.45) is 13.1. The number of aryl methyl sites for hydroxylation is 2. The van der Waals surface area contributed by atoms with E-state index in [1.54, 1.807) is 0 Å². The number of nitrogens with zero attached hydrogens (tertiary/aromatic N) is 5. The molecular formula is C19H29N5O. The van der Waals surface area contributed by atoms with Gasteiger partial charge in [-0.15, -0.1) is 0 Å². The van der Waals surface area contributed by atoms with Crippen LogP contribution < -0.4 is 0 Å². The molecule has 0 unspecified atom stereocenters. The maximum absolute atomic E-state index is 6.13. The molecule has 0 aliphatic carbocycles.